The number of aromatic nitrogens is 1. The standard InChI is InChI=1S/C18H29N3O/c1-20(2)18-9-5-6-15(19-18)14-10-12-21(13-11-14)16-7-3-4-8-17(16)22/h5-6,9,14,16-17,22H,3-4,7-8,10-13H2,1-2H3/t16-,17-/m0/s1. The highest BCUT2D eigenvalue weighted by Gasteiger charge is 2.32. The van der Waals surface area contributed by atoms with E-state index in [1.165, 1.54) is 25.0 Å². The molecule has 0 spiro atoms. The van der Waals surface area contributed by atoms with Crippen LogP contribution in [0.5, 0.6) is 0 Å². The lowest BCUT2D eigenvalue weighted by Gasteiger charge is -2.41. The summed E-state index contributed by atoms with van der Waals surface area (Å²) in [6.07, 6.45) is 6.82. The highest BCUT2D eigenvalue weighted by atomic mass is 16.3. The summed E-state index contributed by atoms with van der Waals surface area (Å²) in [5.41, 5.74) is 1.23. The van der Waals surface area contributed by atoms with Crippen LogP contribution in [0.15, 0.2) is 18.2 Å². The summed E-state index contributed by atoms with van der Waals surface area (Å²) >= 11 is 0. The first-order valence-corrected chi connectivity index (χ1v) is 8.71. The first-order valence-electron chi connectivity index (χ1n) is 8.71. The molecule has 0 amide bonds. The number of likely N-dealkylation sites (tertiary alicyclic amines) is 1. The van der Waals surface area contributed by atoms with Crippen molar-refractivity contribution in [1.29, 1.82) is 0 Å². The number of piperidine rings is 1. The van der Waals surface area contributed by atoms with E-state index in [9.17, 15) is 5.11 Å². The van der Waals surface area contributed by atoms with Gasteiger partial charge < -0.3 is 10.0 Å². The van der Waals surface area contributed by atoms with E-state index >= 15 is 0 Å². The van der Waals surface area contributed by atoms with Crippen LogP contribution in [0.1, 0.15) is 50.1 Å². The quantitative estimate of drug-likeness (QED) is 0.932. The minimum Gasteiger partial charge on any atom is -0.391 e. The first-order chi connectivity index (χ1) is 10.6. The lowest BCUT2D eigenvalue weighted by atomic mass is 9.87. The van der Waals surface area contributed by atoms with Crippen LogP contribution < -0.4 is 4.90 Å². The zero-order valence-corrected chi connectivity index (χ0v) is 13.9. The molecule has 3 rings (SSSR count). The molecule has 2 atom stereocenters. The number of pyridine rings is 1. The van der Waals surface area contributed by atoms with Crippen molar-refractivity contribution in [3.8, 4) is 0 Å². The van der Waals surface area contributed by atoms with Gasteiger partial charge in [-0.05, 0) is 50.9 Å². The Morgan fingerprint density at radius 1 is 1.09 bits per heavy atom. The van der Waals surface area contributed by atoms with Crippen LogP contribution in [0.3, 0.4) is 0 Å². The van der Waals surface area contributed by atoms with Crippen molar-refractivity contribution >= 4 is 5.82 Å². The number of nitrogens with zero attached hydrogens (tertiary/aromatic N) is 3. The minimum absolute atomic E-state index is 0.111. The maximum absolute atomic E-state index is 10.2. The monoisotopic (exact) mass is 303 g/mol. The molecule has 1 aromatic heterocycles. The Morgan fingerprint density at radius 2 is 1.82 bits per heavy atom. The Bertz CT molecular complexity index is 483. The van der Waals surface area contributed by atoms with E-state index < -0.39 is 0 Å². The van der Waals surface area contributed by atoms with Gasteiger partial charge in [-0.15, -0.1) is 0 Å². The number of hydrogen-bond acceptors (Lipinski definition) is 4. The Labute approximate surface area is 134 Å². The van der Waals surface area contributed by atoms with Crippen LogP contribution in [0.2, 0.25) is 0 Å². The number of aliphatic hydroxyl groups excluding tert-OH is 1. The third-order valence-electron chi connectivity index (χ3n) is 5.32. The fraction of sp³-hybridized carbons (Fsp3) is 0.722. The molecule has 0 bridgehead atoms. The molecule has 1 aromatic rings. The maximum Gasteiger partial charge on any atom is 0.128 e. The summed E-state index contributed by atoms with van der Waals surface area (Å²) in [5.74, 6) is 1.61. The van der Waals surface area contributed by atoms with E-state index in [1.54, 1.807) is 0 Å². The van der Waals surface area contributed by atoms with Gasteiger partial charge in [-0.2, -0.15) is 0 Å². The predicted octanol–water partition coefficient (Wildman–Crippen LogP) is 2.63. The largest absolute Gasteiger partial charge is 0.391 e. The molecular weight excluding hydrogens is 274 g/mol. The topological polar surface area (TPSA) is 39.6 Å². The van der Waals surface area contributed by atoms with Crippen molar-refractivity contribution in [1.82, 2.24) is 9.88 Å². The van der Waals surface area contributed by atoms with Gasteiger partial charge in [0.1, 0.15) is 5.82 Å². The summed E-state index contributed by atoms with van der Waals surface area (Å²) in [5, 5.41) is 10.2. The van der Waals surface area contributed by atoms with Crippen molar-refractivity contribution in [3.05, 3.63) is 23.9 Å². The second-order valence-electron chi connectivity index (χ2n) is 7.04. The van der Waals surface area contributed by atoms with Gasteiger partial charge in [0.2, 0.25) is 0 Å². The molecule has 1 saturated carbocycles. The molecule has 1 aliphatic heterocycles. The predicted molar refractivity (Wildman–Crippen MR) is 90.4 cm³/mol. The lowest BCUT2D eigenvalue weighted by Crippen LogP contribution is -2.48. The van der Waals surface area contributed by atoms with E-state index in [4.69, 9.17) is 4.98 Å². The summed E-state index contributed by atoms with van der Waals surface area (Å²) in [6, 6.07) is 6.75. The van der Waals surface area contributed by atoms with Crippen molar-refractivity contribution < 1.29 is 5.11 Å². The summed E-state index contributed by atoms with van der Waals surface area (Å²) in [7, 11) is 4.08. The second-order valence-corrected chi connectivity index (χ2v) is 7.04. The normalized spacial score (nSPS) is 27.8. The van der Waals surface area contributed by atoms with Gasteiger partial charge in [-0.1, -0.05) is 18.9 Å². The molecule has 4 heteroatoms. The molecule has 0 aromatic carbocycles. The minimum atomic E-state index is -0.111. The fourth-order valence-electron chi connectivity index (χ4n) is 3.96. The van der Waals surface area contributed by atoms with Gasteiger partial charge in [0.25, 0.3) is 0 Å². The number of rotatable bonds is 3. The molecule has 4 nitrogen and oxygen atoms in total. The van der Waals surface area contributed by atoms with E-state index in [0.29, 0.717) is 12.0 Å². The van der Waals surface area contributed by atoms with Crippen molar-refractivity contribution in [3.63, 3.8) is 0 Å². The van der Waals surface area contributed by atoms with Crippen LogP contribution in [0.4, 0.5) is 5.82 Å². The van der Waals surface area contributed by atoms with Crippen LogP contribution in [-0.4, -0.2) is 54.3 Å². The number of hydrogen-bond donors (Lipinski definition) is 1. The van der Waals surface area contributed by atoms with E-state index in [-0.39, 0.29) is 6.10 Å². The van der Waals surface area contributed by atoms with Crippen molar-refractivity contribution in [2.75, 3.05) is 32.1 Å². The maximum atomic E-state index is 10.2. The van der Waals surface area contributed by atoms with E-state index in [2.05, 4.69) is 28.0 Å². The van der Waals surface area contributed by atoms with Crippen LogP contribution in [-0.2, 0) is 0 Å². The highest BCUT2D eigenvalue weighted by Crippen LogP contribution is 2.31. The molecule has 0 unspecified atom stereocenters. The van der Waals surface area contributed by atoms with Gasteiger partial charge >= 0.3 is 0 Å². The summed E-state index contributed by atoms with van der Waals surface area (Å²) in [6.45, 7) is 2.19. The summed E-state index contributed by atoms with van der Waals surface area (Å²) in [4.78, 5) is 9.40. The lowest BCUT2D eigenvalue weighted by molar-refractivity contribution is 0.00854. The fourth-order valence-corrected chi connectivity index (χ4v) is 3.96. The third-order valence-corrected chi connectivity index (χ3v) is 5.32. The van der Waals surface area contributed by atoms with Gasteiger partial charge in [0, 0.05) is 31.7 Å². The van der Waals surface area contributed by atoms with Gasteiger partial charge in [-0.25, -0.2) is 4.98 Å². The average Bonchev–Trinajstić information content (AvgIpc) is 2.56. The zero-order chi connectivity index (χ0) is 15.5. The third kappa shape index (κ3) is 3.44. The van der Waals surface area contributed by atoms with Gasteiger partial charge in [0.15, 0.2) is 0 Å². The molecule has 2 aliphatic rings. The van der Waals surface area contributed by atoms with Crippen LogP contribution >= 0.6 is 0 Å². The van der Waals surface area contributed by atoms with Crippen LogP contribution in [0, 0.1) is 0 Å². The molecule has 2 fully saturated rings. The van der Waals surface area contributed by atoms with Crippen molar-refractivity contribution in [2.24, 2.45) is 0 Å². The average molecular weight is 303 g/mol. The second kappa shape index (κ2) is 6.97. The first kappa shape index (κ1) is 15.8. The number of anilines is 1. The molecule has 0 radical (unpaired) electrons. The summed E-state index contributed by atoms with van der Waals surface area (Å²) < 4.78 is 0. The molecule has 1 N–H and O–H groups in total. The van der Waals surface area contributed by atoms with Crippen molar-refractivity contribution in [2.45, 2.75) is 56.6 Å². The van der Waals surface area contributed by atoms with Gasteiger partial charge in [0.05, 0.1) is 6.10 Å². The Balaban J connectivity index is 1.60. The molecule has 122 valence electrons. The Kier molecular flexibility index (Phi) is 4.99. The van der Waals surface area contributed by atoms with E-state index in [1.807, 2.05) is 14.1 Å². The molecule has 1 saturated heterocycles. The highest BCUT2D eigenvalue weighted by molar-refractivity contribution is 5.37. The molecule has 22 heavy (non-hydrogen) atoms. The number of aliphatic hydroxyl groups is 1. The molecule has 2 heterocycles. The Hall–Kier alpha value is -1.13. The SMILES string of the molecule is CN(C)c1cccc(C2CCN([C@H]3CCCC[C@@H]3O)CC2)n1. The zero-order valence-electron chi connectivity index (χ0n) is 13.9. The Morgan fingerprint density at radius 3 is 2.50 bits per heavy atom. The molecule has 1 aliphatic carbocycles. The van der Waals surface area contributed by atoms with E-state index in [0.717, 1.165) is 38.2 Å². The smallest absolute Gasteiger partial charge is 0.128 e. The molecular formula is C18H29N3O. The van der Waals surface area contributed by atoms with Gasteiger partial charge in [-0.3, -0.25) is 4.90 Å². The van der Waals surface area contributed by atoms with Crippen LogP contribution in [0.25, 0.3) is 0 Å².